The molecule has 1 fully saturated rings. The number of ether oxygens (including phenoxy) is 1. The average molecular weight is 285 g/mol. The topological polar surface area (TPSA) is 103 Å². The number of rotatable bonds is 5. The van der Waals surface area contributed by atoms with Crippen molar-refractivity contribution in [2.75, 3.05) is 29.2 Å². The lowest BCUT2D eigenvalue weighted by atomic mass is 10.2. The molecule has 19 heavy (non-hydrogen) atoms. The first-order valence-electron chi connectivity index (χ1n) is 6.43. The van der Waals surface area contributed by atoms with Gasteiger partial charge in [-0.2, -0.15) is 15.0 Å². The van der Waals surface area contributed by atoms with Gasteiger partial charge < -0.3 is 15.8 Å². The van der Waals surface area contributed by atoms with Gasteiger partial charge in [-0.05, 0) is 19.3 Å². The van der Waals surface area contributed by atoms with Crippen molar-refractivity contribution in [2.45, 2.75) is 32.2 Å². The highest BCUT2D eigenvalue weighted by Gasteiger charge is 2.19. The van der Waals surface area contributed by atoms with Crippen molar-refractivity contribution in [3.8, 4) is 6.01 Å². The predicted molar refractivity (Wildman–Crippen MR) is 74.5 cm³/mol. The Morgan fingerprint density at radius 3 is 2.79 bits per heavy atom. The lowest BCUT2D eigenvalue weighted by Crippen LogP contribution is -2.30. The summed E-state index contributed by atoms with van der Waals surface area (Å²) < 4.78 is 16.6. The fourth-order valence-corrected chi connectivity index (χ4v) is 3.11. The number of anilines is 2. The Bertz CT molecular complexity index is 447. The number of aromatic nitrogens is 3. The Labute approximate surface area is 114 Å². The van der Waals surface area contributed by atoms with E-state index in [1.807, 2.05) is 6.92 Å². The minimum Gasteiger partial charge on any atom is -0.463 e. The van der Waals surface area contributed by atoms with Crippen LogP contribution in [0.4, 0.5) is 11.9 Å². The number of nitrogens with zero attached hydrogens (tertiary/aromatic N) is 3. The van der Waals surface area contributed by atoms with Gasteiger partial charge in [0.25, 0.3) is 0 Å². The molecule has 1 aliphatic rings. The second-order valence-corrected chi connectivity index (χ2v) is 6.11. The number of hydrogen-bond donors (Lipinski definition) is 2. The van der Waals surface area contributed by atoms with Crippen LogP contribution in [-0.2, 0) is 10.8 Å². The van der Waals surface area contributed by atoms with Crippen molar-refractivity contribution >= 4 is 22.7 Å². The first-order valence-corrected chi connectivity index (χ1v) is 7.92. The van der Waals surface area contributed by atoms with E-state index in [4.69, 9.17) is 10.5 Å². The van der Waals surface area contributed by atoms with Crippen molar-refractivity contribution in [1.29, 1.82) is 0 Å². The molecule has 0 spiro atoms. The number of nitrogens with two attached hydrogens (primary N) is 1. The van der Waals surface area contributed by atoms with E-state index in [1.165, 1.54) is 0 Å². The standard InChI is InChI=1S/C11H19N5O2S/c1-2-5-18-11-15-9(12)14-10(16-11)13-8-3-6-19(17)7-4-8/h8H,2-7H2,1H3,(H3,12,13,14,15,16). The third-order valence-electron chi connectivity index (χ3n) is 2.79. The molecule has 1 saturated heterocycles. The highest BCUT2D eigenvalue weighted by Crippen LogP contribution is 2.15. The molecule has 7 nitrogen and oxygen atoms in total. The summed E-state index contributed by atoms with van der Waals surface area (Å²) in [5.74, 6) is 2.01. The molecule has 0 amide bonds. The van der Waals surface area contributed by atoms with E-state index in [-0.39, 0.29) is 18.0 Å². The van der Waals surface area contributed by atoms with Crippen LogP contribution in [0, 0.1) is 0 Å². The lowest BCUT2D eigenvalue weighted by Gasteiger charge is -2.22. The normalized spacial score (nSPS) is 23.0. The molecule has 0 atom stereocenters. The molecular formula is C11H19N5O2S. The molecule has 0 radical (unpaired) electrons. The van der Waals surface area contributed by atoms with Crippen LogP contribution >= 0.6 is 0 Å². The van der Waals surface area contributed by atoms with Crippen LogP contribution < -0.4 is 15.8 Å². The largest absolute Gasteiger partial charge is 0.463 e. The fourth-order valence-electron chi connectivity index (χ4n) is 1.82. The molecule has 0 unspecified atom stereocenters. The fraction of sp³-hybridized carbons (Fsp3) is 0.727. The quantitative estimate of drug-likeness (QED) is 0.815. The Morgan fingerprint density at radius 1 is 1.37 bits per heavy atom. The van der Waals surface area contributed by atoms with Crippen LogP contribution in [-0.4, -0.2) is 43.3 Å². The number of hydrogen-bond acceptors (Lipinski definition) is 7. The molecule has 2 rings (SSSR count). The van der Waals surface area contributed by atoms with Crippen molar-refractivity contribution in [1.82, 2.24) is 15.0 Å². The zero-order valence-corrected chi connectivity index (χ0v) is 11.8. The summed E-state index contributed by atoms with van der Waals surface area (Å²) in [5.41, 5.74) is 5.63. The van der Waals surface area contributed by atoms with Crippen LogP contribution in [0.15, 0.2) is 0 Å². The van der Waals surface area contributed by atoms with E-state index >= 15 is 0 Å². The smallest absolute Gasteiger partial charge is 0.323 e. The second kappa shape index (κ2) is 6.65. The zero-order chi connectivity index (χ0) is 13.7. The molecule has 2 heterocycles. The summed E-state index contributed by atoms with van der Waals surface area (Å²) in [4.78, 5) is 12.1. The van der Waals surface area contributed by atoms with E-state index in [0.717, 1.165) is 30.8 Å². The van der Waals surface area contributed by atoms with E-state index in [2.05, 4.69) is 20.3 Å². The van der Waals surface area contributed by atoms with E-state index in [0.29, 0.717) is 12.6 Å². The van der Waals surface area contributed by atoms with Gasteiger partial charge in [-0.15, -0.1) is 0 Å². The Balaban J connectivity index is 1.99. The SMILES string of the molecule is CCCOc1nc(N)nc(NC2CCS(=O)CC2)n1. The second-order valence-electron chi connectivity index (χ2n) is 4.41. The number of nitrogens with one attached hydrogen (secondary N) is 1. The summed E-state index contributed by atoms with van der Waals surface area (Å²) >= 11 is 0. The maximum atomic E-state index is 11.3. The molecular weight excluding hydrogens is 266 g/mol. The highest BCUT2D eigenvalue weighted by molar-refractivity contribution is 7.85. The lowest BCUT2D eigenvalue weighted by molar-refractivity contribution is 0.292. The van der Waals surface area contributed by atoms with Crippen LogP contribution in [0.1, 0.15) is 26.2 Å². The maximum absolute atomic E-state index is 11.3. The van der Waals surface area contributed by atoms with Gasteiger partial charge in [-0.1, -0.05) is 6.92 Å². The van der Waals surface area contributed by atoms with Crippen LogP contribution in [0.25, 0.3) is 0 Å². The predicted octanol–water partition coefficient (Wildman–Crippen LogP) is 0.566. The molecule has 0 bridgehead atoms. The zero-order valence-electron chi connectivity index (χ0n) is 11.0. The highest BCUT2D eigenvalue weighted by atomic mass is 32.2. The van der Waals surface area contributed by atoms with Gasteiger partial charge in [0.15, 0.2) is 0 Å². The first-order chi connectivity index (χ1) is 9.17. The molecule has 8 heteroatoms. The minimum absolute atomic E-state index is 0.142. The van der Waals surface area contributed by atoms with Gasteiger partial charge in [0.1, 0.15) is 0 Å². The average Bonchev–Trinajstić information content (AvgIpc) is 2.38. The van der Waals surface area contributed by atoms with Crippen molar-refractivity contribution in [3.63, 3.8) is 0 Å². The maximum Gasteiger partial charge on any atom is 0.323 e. The van der Waals surface area contributed by atoms with E-state index in [1.54, 1.807) is 0 Å². The third-order valence-corrected chi connectivity index (χ3v) is 4.17. The summed E-state index contributed by atoms with van der Waals surface area (Å²) in [6.45, 7) is 2.55. The Hall–Kier alpha value is -1.44. The van der Waals surface area contributed by atoms with Crippen molar-refractivity contribution < 1.29 is 8.95 Å². The van der Waals surface area contributed by atoms with Crippen molar-refractivity contribution in [3.05, 3.63) is 0 Å². The van der Waals surface area contributed by atoms with Crippen LogP contribution in [0.5, 0.6) is 6.01 Å². The summed E-state index contributed by atoms with van der Waals surface area (Å²) in [5, 5.41) is 3.20. The Kier molecular flexibility index (Phi) is 4.89. The molecule has 0 aliphatic carbocycles. The monoisotopic (exact) mass is 285 g/mol. The van der Waals surface area contributed by atoms with Gasteiger partial charge in [-0.3, -0.25) is 4.21 Å². The number of nitrogen functional groups attached to an aromatic ring is 1. The molecule has 106 valence electrons. The van der Waals surface area contributed by atoms with Gasteiger partial charge in [-0.25, -0.2) is 0 Å². The summed E-state index contributed by atoms with van der Waals surface area (Å²) in [7, 11) is -0.675. The molecule has 0 aromatic carbocycles. The van der Waals surface area contributed by atoms with Gasteiger partial charge in [0, 0.05) is 28.3 Å². The third kappa shape index (κ3) is 4.30. The molecule has 0 saturated carbocycles. The summed E-state index contributed by atoms with van der Waals surface area (Å²) in [6, 6.07) is 0.481. The van der Waals surface area contributed by atoms with Crippen LogP contribution in [0.2, 0.25) is 0 Å². The van der Waals surface area contributed by atoms with Gasteiger partial charge in [0.05, 0.1) is 6.61 Å². The minimum atomic E-state index is -0.675. The first kappa shape index (κ1) is 14.0. The van der Waals surface area contributed by atoms with Crippen molar-refractivity contribution in [2.24, 2.45) is 0 Å². The molecule has 1 aliphatic heterocycles. The molecule has 3 N–H and O–H groups in total. The molecule has 1 aromatic heterocycles. The summed E-state index contributed by atoms with van der Waals surface area (Å²) in [6.07, 6.45) is 2.58. The molecule has 1 aromatic rings. The van der Waals surface area contributed by atoms with Gasteiger partial charge in [0.2, 0.25) is 11.9 Å². The van der Waals surface area contributed by atoms with Gasteiger partial charge >= 0.3 is 6.01 Å². The Morgan fingerprint density at radius 2 is 2.11 bits per heavy atom. The van der Waals surface area contributed by atoms with E-state index in [9.17, 15) is 4.21 Å². The van der Waals surface area contributed by atoms with E-state index < -0.39 is 10.8 Å². The van der Waals surface area contributed by atoms with Crippen LogP contribution in [0.3, 0.4) is 0 Å².